The first kappa shape index (κ1) is 15.0. The summed E-state index contributed by atoms with van der Waals surface area (Å²) in [7, 11) is 0. The van der Waals surface area contributed by atoms with E-state index in [1.54, 1.807) is 11.3 Å². The Bertz CT molecular complexity index is 619. The molecule has 1 heterocycles. The second kappa shape index (κ2) is 7.44. The van der Waals surface area contributed by atoms with Crippen LogP contribution in [0.1, 0.15) is 15.4 Å². The van der Waals surface area contributed by atoms with E-state index < -0.39 is 0 Å². The van der Waals surface area contributed by atoms with E-state index in [9.17, 15) is 0 Å². The van der Waals surface area contributed by atoms with Crippen LogP contribution in [0.4, 0.5) is 0 Å². The highest BCUT2D eigenvalue weighted by Gasteiger charge is 2.05. The Kier molecular flexibility index (Phi) is 5.60. The summed E-state index contributed by atoms with van der Waals surface area (Å²) >= 11 is 5.17. The van der Waals surface area contributed by atoms with Gasteiger partial charge < -0.3 is 10.1 Å². The van der Waals surface area contributed by atoms with Crippen molar-refractivity contribution in [1.29, 1.82) is 0 Å². The molecule has 0 aliphatic carbocycles. The molecule has 5 heteroatoms. The summed E-state index contributed by atoms with van der Waals surface area (Å²) in [5, 5.41) is 4.46. The molecule has 2 aromatic rings. The van der Waals surface area contributed by atoms with Gasteiger partial charge >= 0.3 is 0 Å². The largest absolute Gasteiger partial charge is 0.481 e. The van der Waals surface area contributed by atoms with Crippen LogP contribution in [-0.4, -0.2) is 11.6 Å². The maximum atomic E-state index is 5.54. The predicted octanol–water partition coefficient (Wildman–Crippen LogP) is 3.52. The number of rotatable bonds is 6. The van der Waals surface area contributed by atoms with Crippen LogP contribution in [-0.2, 0) is 13.1 Å². The summed E-state index contributed by atoms with van der Waals surface area (Å²) in [6.07, 6.45) is 7.12. The summed E-state index contributed by atoms with van der Waals surface area (Å²) < 4.78 is 6.56. The SMILES string of the molecule is C#CCOc1ccc(Br)cc1CNCc1ncc(C)s1. The van der Waals surface area contributed by atoms with Crippen molar-refractivity contribution in [1.82, 2.24) is 10.3 Å². The molecule has 1 aromatic carbocycles. The Hall–Kier alpha value is -1.35. The van der Waals surface area contributed by atoms with Gasteiger partial charge in [-0.1, -0.05) is 21.9 Å². The van der Waals surface area contributed by atoms with Crippen molar-refractivity contribution in [2.45, 2.75) is 20.0 Å². The van der Waals surface area contributed by atoms with E-state index in [2.05, 4.69) is 39.1 Å². The van der Waals surface area contributed by atoms with Crippen molar-refractivity contribution >= 4 is 27.3 Å². The number of ether oxygens (including phenoxy) is 1. The van der Waals surface area contributed by atoms with Gasteiger partial charge in [-0.05, 0) is 25.1 Å². The molecular weight excluding hydrogens is 336 g/mol. The zero-order chi connectivity index (χ0) is 14.4. The van der Waals surface area contributed by atoms with E-state index in [4.69, 9.17) is 11.2 Å². The molecule has 1 N–H and O–H groups in total. The maximum absolute atomic E-state index is 5.54. The molecule has 0 radical (unpaired) electrons. The minimum absolute atomic E-state index is 0.278. The van der Waals surface area contributed by atoms with Crippen LogP contribution in [0.15, 0.2) is 28.9 Å². The second-order valence-corrected chi connectivity index (χ2v) is 6.45. The van der Waals surface area contributed by atoms with Crippen molar-refractivity contribution in [3.05, 3.63) is 44.3 Å². The highest BCUT2D eigenvalue weighted by molar-refractivity contribution is 9.10. The van der Waals surface area contributed by atoms with Gasteiger partial charge in [-0.25, -0.2) is 4.98 Å². The topological polar surface area (TPSA) is 34.1 Å². The fourth-order valence-corrected chi connectivity index (χ4v) is 2.90. The first-order valence-corrected chi connectivity index (χ1v) is 7.76. The van der Waals surface area contributed by atoms with Crippen molar-refractivity contribution in [2.75, 3.05) is 6.61 Å². The molecule has 0 saturated heterocycles. The molecule has 3 nitrogen and oxygen atoms in total. The zero-order valence-electron chi connectivity index (χ0n) is 11.1. The highest BCUT2D eigenvalue weighted by Crippen LogP contribution is 2.23. The van der Waals surface area contributed by atoms with Crippen molar-refractivity contribution in [3.63, 3.8) is 0 Å². The number of nitrogens with zero attached hydrogens (tertiary/aromatic N) is 1. The molecule has 0 unspecified atom stereocenters. The van der Waals surface area contributed by atoms with E-state index >= 15 is 0 Å². The van der Waals surface area contributed by atoms with Gasteiger partial charge in [-0.15, -0.1) is 17.8 Å². The molecule has 0 aliphatic heterocycles. The van der Waals surface area contributed by atoms with Crippen LogP contribution >= 0.6 is 27.3 Å². The van der Waals surface area contributed by atoms with Crippen LogP contribution < -0.4 is 10.1 Å². The van der Waals surface area contributed by atoms with E-state index in [1.165, 1.54) is 4.88 Å². The minimum Gasteiger partial charge on any atom is -0.481 e. The number of terminal acetylenes is 1. The maximum Gasteiger partial charge on any atom is 0.148 e. The summed E-state index contributed by atoms with van der Waals surface area (Å²) in [5.41, 5.74) is 1.07. The van der Waals surface area contributed by atoms with Gasteiger partial charge in [0.1, 0.15) is 17.4 Å². The fourth-order valence-electron chi connectivity index (χ4n) is 1.73. The number of aromatic nitrogens is 1. The molecule has 2 rings (SSSR count). The molecule has 104 valence electrons. The molecule has 0 amide bonds. The van der Waals surface area contributed by atoms with Gasteiger partial charge in [0, 0.05) is 34.2 Å². The lowest BCUT2D eigenvalue weighted by molar-refractivity contribution is 0.364. The molecule has 0 bridgehead atoms. The summed E-state index contributed by atoms with van der Waals surface area (Å²) in [6.45, 7) is 3.79. The number of benzene rings is 1. The van der Waals surface area contributed by atoms with E-state index in [0.29, 0.717) is 6.54 Å². The van der Waals surface area contributed by atoms with Crippen LogP contribution in [0.3, 0.4) is 0 Å². The summed E-state index contributed by atoms with van der Waals surface area (Å²) in [4.78, 5) is 5.55. The molecule has 0 spiro atoms. The van der Waals surface area contributed by atoms with Crippen molar-refractivity contribution in [3.8, 4) is 18.1 Å². The van der Waals surface area contributed by atoms with Gasteiger partial charge in [0.25, 0.3) is 0 Å². The lowest BCUT2D eigenvalue weighted by atomic mass is 10.2. The van der Waals surface area contributed by atoms with Gasteiger partial charge in [0.05, 0.1) is 0 Å². The first-order valence-electron chi connectivity index (χ1n) is 6.15. The van der Waals surface area contributed by atoms with Crippen LogP contribution in [0.5, 0.6) is 5.75 Å². The minimum atomic E-state index is 0.278. The average Bonchev–Trinajstić information content (AvgIpc) is 2.84. The molecule has 0 fully saturated rings. The van der Waals surface area contributed by atoms with Crippen molar-refractivity contribution < 1.29 is 4.74 Å². The van der Waals surface area contributed by atoms with Gasteiger partial charge in [-0.2, -0.15) is 0 Å². The number of nitrogens with one attached hydrogen (secondary N) is 1. The second-order valence-electron chi connectivity index (χ2n) is 4.21. The normalized spacial score (nSPS) is 10.2. The number of aryl methyl sites for hydroxylation is 1. The van der Waals surface area contributed by atoms with E-state index in [1.807, 2.05) is 24.4 Å². The standard InChI is InChI=1S/C15H15BrN2OS/c1-3-6-19-14-5-4-13(16)7-12(14)9-17-10-15-18-8-11(2)20-15/h1,4-5,7-8,17H,6,9-10H2,2H3. The van der Waals surface area contributed by atoms with Gasteiger partial charge in [0.2, 0.25) is 0 Å². The number of halogens is 1. The molecule has 0 saturated carbocycles. The predicted molar refractivity (Wildman–Crippen MR) is 85.9 cm³/mol. The van der Waals surface area contributed by atoms with Gasteiger partial charge in [0.15, 0.2) is 0 Å². The highest BCUT2D eigenvalue weighted by atomic mass is 79.9. The van der Waals surface area contributed by atoms with Crippen LogP contribution in [0.2, 0.25) is 0 Å². The Labute approximate surface area is 131 Å². The Balaban J connectivity index is 1.97. The fraction of sp³-hybridized carbons (Fsp3) is 0.267. The lowest BCUT2D eigenvalue weighted by Crippen LogP contribution is -2.13. The quantitative estimate of drug-likeness (QED) is 0.809. The zero-order valence-corrected chi connectivity index (χ0v) is 13.6. The lowest BCUT2D eigenvalue weighted by Gasteiger charge is -2.10. The Morgan fingerprint density at radius 3 is 3.00 bits per heavy atom. The third-order valence-electron chi connectivity index (χ3n) is 2.59. The monoisotopic (exact) mass is 350 g/mol. The first-order chi connectivity index (χ1) is 9.69. The van der Waals surface area contributed by atoms with E-state index in [0.717, 1.165) is 27.3 Å². The molecule has 0 atom stereocenters. The molecule has 20 heavy (non-hydrogen) atoms. The third-order valence-corrected chi connectivity index (χ3v) is 4.00. The summed E-state index contributed by atoms with van der Waals surface area (Å²) in [5.74, 6) is 3.29. The Morgan fingerprint density at radius 1 is 1.45 bits per heavy atom. The number of hydrogen-bond donors (Lipinski definition) is 1. The third kappa shape index (κ3) is 4.34. The van der Waals surface area contributed by atoms with Gasteiger partial charge in [-0.3, -0.25) is 0 Å². The summed E-state index contributed by atoms with van der Waals surface area (Å²) in [6, 6.07) is 5.90. The smallest absolute Gasteiger partial charge is 0.148 e. The Morgan fingerprint density at radius 2 is 2.30 bits per heavy atom. The van der Waals surface area contributed by atoms with Crippen molar-refractivity contribution in [2.24, 2.45) is 0 Å². The average molecular weight is 351 g/mol. The molecule has 1 aromatic heterocycles. The molecule has 0 aliphatic rings. The molecular formula is C15H15BrN2OS. The van der Waals surface area contributed by atoms with Crippen LogP contribution in [0, 0.1) is 19.3 Å². The van der Waals surface area contributed by atoms with Crippen LogP contribution in [0.25, 0.3) is 0 Å². The number of thiazole rings is 1. The number of hydrogen-bond acceptors (Lipinski definition) is 4. The van der Waals surface area contributed by atoms with E-state index in [-0.39, 0.29) is 6.61 Å².